The molecule has 0 saturated heterocycles. The molecule has 0 unspecified atom stereocenters. The van der Waals surface area contributed by atoms with Gasteiger partial charge in [-0.1, -0.05) is 0 Å². The van der Waals surface area contributed by atoms with Crippen molar-refractivity contribution in [1.29, 1.82) is 0 Å². The van der Waals surface area contributed by atoms with E-state index in [4.69, 9.17) is 4.74 Å². The van der Waals surface area contributed by atoms with E-state index in [1.807, 2.05) is 18.4 Å². The summed E-state index contributed by atoms with van der Waals surface area (Å²) in [6.45, 7) is 2.73. The van der Waals surface area contributed by atoms with Crippen molar-refractivity contribution >= 4 is 27.3 Å². The Hall–Kier alpha value is 0.100. The summed E-state index contributed by atoms with van der Waals surface area (Å²) < 4.78 is 6.57. The monoisotopic (exact) mass is 290 g/mol. The van der Waals surface area contributed by atoms with Crippen LogP contribution in [0.1, 0.15) is 24.6 Å². The SMILES string of the molecule is CCOC1CC(O)(Cc2sccc2Br)C1. The van der Waals surface area contributed by atoms with Crippen LogP contribution in [0.4, 0.5) is 0 Å². The molecule has 4 heteroatoms. The maximum atomic E-state index is 10.2. The van der Waals surface area contributed by atoms with Crippen LogP contribution in [0.2, 0.25) is 0 Å². The molecule has 1 aliphatic carbocycles. The Kier molecular flexibility index (Phi) is 3.50. The summed E-state index contributed by atoms with van der Waals surface area (Å²) in [4.78, 5) is 1.23. The van der Waals surface area contributed by atoms with E-state index in [9.17, 15) is 5.11 Å². The molecule has 2 nitrogen and oxygen atoms in total. The van der Waals surface area contributed by atoms with Gasteiger partial charge in [-0.25, -0.2) is 0 Å². The van der Waals surface area contributed by atoms with Gasteiger partial charge in [0, 0.05) is 35.2 Å². The molecular formula is C11H15BrO2S. The molecule has 0 radical (unpaired) electrons. The fourth-order valence-corrected chi connectivity index (χ4v) is 3.66. The molecule has 15 heavy (non-hydrogen) atoms. The molecule has 1 N–H and O–H groups in total. The Labute approximate surface area is 102 Å². The Balaban J connectivity index is 1.89. The van der Waals surface area contributed by atoms with Gasteiger partial charge in [0.25, 0.3) is 0 Å². The molecule has 2 rings (SSSR count). The summed E-state index contributed by atoms with van der Waals surface area (Å²) in [6, 6.07) is 2.03. The molecule has 1 saturated carbocycles. The fourth-order valence-electron chi connectivity index (χ4n) is 2.04. The predicted molar refractivity (Wildman–Crippen MR) is 65.3 cm³/mol. The van der Waals surface area contributed by atoms with Crippen LogP contribution >= 0.6 is 27.3 Å². The molecular weight excluding hydrogens is 276 g/mol. The van der Waals surface area contributed by atoms with Crippen molar-refractivity contribution in [1.82, 2.24) is 0 Å². The summed E-state index contributed by atoms with van der Waals surface area (Å²) in [5, 5.41) is 12.3. The van der Waals surface area contributed by atoms with Crippen molar-refractivity contribution in [2.75, 3.05) is 6.61 Å². The summed E-state index contributed by atoms with van der Waals surface area (Å²) in [5.41, 5.74) is -0.535. The second-order valence-electron chi connectivity index (χ2n) is 4.08. The van der Waals surface area contributed by atoms with Crippen LogP contribution in [0.15, 0.2) is 15.9 Å². The lowest BCUT2D eigenvalue weighted by atomic mass is 9.75. The molecule has 1 aromatic heterocycles. The van der Waals surface area contributed by atoms with Crippen LogP contribution in [0, 0.1) is 0 Å². The van der Waals surface area contributed by atoms with Crippen molar-refractivity contribution in [3.05, 3.63) is 20.8 Å². The third-order valence-electron chi connectivity index (χ3n) is 2.80. The molecule has 0 spiro atoms. The summed E-state index contributed by atoms with van der Waals surface area (Å²) >= 11 is 5.18. The van der Waals surface area contributed by atoms with Gasteiger partial charge in [-0.3, -0.25) is 0 Å². The lowest BCUT2D eigenvalue weighted by Crippen LogP contribution is -2.49. The fraction of sp³-hybridized carbons (Fsp3) is 0.636. The number of hydrogen-bond acceptors (Lipinski definition) is 3. The van der Waals surface area contributed by atoms with Gasteiger partial charge in [0.2, 0.25) is 0 Å². The van der Waals surface area contributed by atoms with E-state index in [0.717, 1.165) is 30.3 Å². The number of aliphatic hydroxyl groups is 1. The summed E-state index contributed by atoms with van der Waals surface area (Å²) in [5.74, 6) is 0. The number of hydrogen-bond donors (Lipinski definition) is 1. The highest BCUT2D eigenvalue weighted by atomic mass is 79.9. The second-order valence-corrected chi connectivity index (χ2v) is 5.93. The van der Waals surface area contributed by atoms with E-state index < -0.39 is 5.60 Å². The zero-order chi connectivity index (χ0) is 10.9. The first-order valence-electron chi connectivity index (χ1n) is 5.19. The van der Waals surface area contributed by atoms with Crippen LogP contribution in [0.5, 0.6) is 0 Å². The lowest BCUT2D eigenvalue weighted by molar-refractivity contribution is -0.135. The first-order chi connectivity index (χ1) is 7.13. The first kappa shape index (κ1) is 11.6. The molecule has 1 heterocycles. The second kappa shape index (κ2) is 4.53. The van der Waals surface area contributed by atoms with Crippen molar-refractivity contribution in [3.63, 3.8) is 0 Å². The molecule has 0 aliphatic heterocycles. The number of rotatable bonds is 4. The van der Waals surface area contributed by atoms with Crippen LogP contribution in [0.25, 0.3) is 0 Å². The molecule has 0 bridgehead atoms. The van der Waals surface area contributed by atoms with E-state index >= 15 is 0 Å². The molecule has 1 fully saturated rings. The standard InChI is InChI=1S/C11H15BrO2S/c1-2-14-8-5-11(13,6-8)7-10-9(12)3-4-15-10/h3-4,8,13H,2,5-7H2,1H3. The quantitative estimate of drug-likeness (QED) is 0.924. The normalized spacial score (nSPS) is 30.2. The summed E-state index contributed by atoms with van der Waals surface area (Å²) in [6.07, 6.45) is 2.55. The van der Waals surface area contributed by atoms with Gasteiger partial charge in [-0.15, -0.1) is 11.3 Å². The summed E-state index contributed by atoms with van der Waals surface area (Å²) in [7, 11) is 0. The van der Waals surface area contributed by atoms with E-state index in [-0.39, 0.29) is 6.10 Å². The molecule has 0 atom stereocenters. The van der Waals surface area contributed by atoms with Gasteiger partial charge in [-0.05, 0) is 34.3 Å². The van der Waals surface area contributed by atoms with Crippen molar-refractivity contribution in [3.8, 4) is 0 Å². The third-order valence-corrected chi connectivity index (χ3v) is 4.72. The minimum atomic E-state index is -0.535. The molecule has 0 aromatic carbocycles. The van der Waals surface area contributed by atoms with E-state index in [1.165, 1.54) is 4.88 Å². The Bertz CT molecular complexity index is 331. The van der Waals surface area contributed by atoms with Crippen LogP contribution in [-0.2, 0) is 11.2 Å². The largest absolute Gasteiger partial charge is 0.389 e. The number of halogens is 1. The molecule has 1 aromatic rings. The minimum Gasteiger partial charge on any atom is -0.389 e. The van der Waals surface area contributed by atoms with Gasteiger partial charge in [0.1, 0.15) is 0 Å². The van der Waals surface area contributed by atoms with E-state index in [0.29, 0.717) is 0 Å². The van der Waals surface area contributed by atoms with Crippen LogP contribution in [-0.4, -0.2) is 23.4 Å². The minimum absolute atomic E-state index is 0.263. The third kappa shape index (κ3) is 2.61. The van der Waals surface area contributed by atoms with Crippen molar-refractivity contribution in [2.45, 2.75) is 37.9 Å². The maximum absolute atomic E-state index is 10.2. The lowest BCUT2D eigenvalue weighted by Gasteiger charge is -2.43. The van der Waals surface area contributed by atoms with Gasteiger partial charge in [0.05, 0.1) is 11.7 Å². The van der Waals surface area contributed by atoms with E-state index in [1.54, 1.807) is 11.3 Å². The average Bonchev–Trinajstić information content (AvgIpc) is 2.50. The Morgan fingerprint density at radius 3 is 2.93 bits per heavy atom. The zero-order valence-electron chi connectivity index (χ0n) is 8.70. The van der Waals surface area contributed by atoms with Gasteiger partial charge >= 0.3 is 0 Å². The average molecular weight is 291 g/mol. The zero-order valence-corrected chi connectivity index (χ0v) is 11.1. The first-order valence-corrected chi connectivity index (χ1v) is 6.86. The predicted octanol–water partition coefficient (Wildman–Crippen LogP) is 2.98. The van der Waals surface area contributed by atoms with Crippen molar-refractivity contribution < 1.29 is 9.84 Å². The molecule has 1 aliphatic rings. The highest BCUT2D eigenvalue weighted by molar-refractivity contribution is 9.10. The van der Waals surface area contributed by atoms with Crippen molar-refractivity contribution in [2.24, 2.45) is 0 Å². The van der Waals surface area contributed by atoms with Gasteiger partial charge < -0.3 is 9.84 Å². The molecule has 0 amide bonds. The highest BCUT2D eigenvalue weighted by Crippen LogP contribution is 2.39. The number of ether oxygens (including phenoxy) is 1. The smallest absolute Gasteiger partial charge is 0.0745 e. The van der Waals surface area contributed by atoms with Gasteiger partial charge in [0.15, 0.2) is 0 Å². The van der Waals surface area contributed by atoms with Crippen LogP contribution < -0.4 is 0 Å². The Morgan fingerprint density at radius 2 is 2.40 bits per heavy atom. The number of thiophene rings is 1. The van der Waals surface area contributed by atoms with Gasteiger partial charge in [-0.2, -0.15) is 0 Å². The van der Waals surface area contributed by atoms with Crippen LogP contribution in [0.3, 0.4) is 0 Å². The van der Waals surface area contributed by atoms with E-state index in [2.05, 4.69) is 15.9 Å². The Morgan fingerprint density at radius 1 is 1.67 bits per heavy atom. The maximum Gasteiger partial charge on any atom is 0.0745 e. The molecule has 84 valence electrons. The topological polar surface area (TPSA) is 29.5 Å². The highest BCUT2D eigenvalue weighted by Gasteiger charge is 2.43.